The van der Waals surface area contributed by atoms with Crippen molar-refractivity contribution < 1.29 is 4.42 Å². The SMILES string of the molecule is c1cc(-c2ccc3c4ccccc4c4ccccc4c3c2)cc(-c2cc3ccccc3c(-c3ccc4ccccc4c3)n2)c1.c1ccc(-c2cc(-c3ccc(-c4cccc(-c5cccc6ccccc56)c4)cc3)nc3ccccc23)cc1.c1ccc(-c2nc(-c3ccc(-c4cccc(-c5cccc6c5oc5ccccc56)c4)cc3)nc3ccccc23)cc1. The summed E-state index contributed by atoms with van der Waals surface area (Å²) in [6, 6.07) is 163. The van der Waals surface area contributed by atoms with E-state index in [4.69, 9.17) is 24.4 Å². The molecule has 4 aromatic heterocycles. The Balaban J connectivity index is 0.000000110. The molecule has 574 valence electrons. The highest BCUT2D eigenvalue weighted by Gasteiger charge is 2.19. The number of pyridine rings is 2. The van der Waals surface area contributed by atoms with Crippen LogP contribution in [-0.4, -0.2) is 19.9 Å². The Labute approximate surface area is 712 Å². The van der Waals surface area contributed by atoms with Gasteiger partial charge in [-0.2, -0.15) is 0 Å². The molecule has 0 bridgehead atoms. The number of para-hydroxylation sites is 4. The van der Waals surface area contributed by atoms with Gasteiger partial charge in [-0.05, 0) is 181 Å². The average molecular weight is 1570 g/mol. The van der Waals surface area contributed by atoms with E-state index in [-0.39, 0.29) is 0 Å². The second-order valence-corrected chi connectivity index (χ2v) is 31.4. The molecule has 123 heavy (non-hydrogen) atoms. The number of fused-ring (bicyclic) bond motifs is 14. The minimum atomic E-state index is 0.722. The van der Waals surface area contributed by atoms with E-state index in [0.717, 1.165) is 122 Å². The molecule has 0 atom stereocenters. The Morgan fingerprint density at radius 1 is 0.154 bits per heavy atom. The molecule has 0 saturated carbocycles. The molecule has 0 unspecified atom stereocenters. The molecular formula is C118H76N4O. The van der Waals surface area contributed by atoms with Crippen molar-refractivity contribution in [2.75, 3.05) is 0 Å². The summed E-state index contributed by atoms with van der Waals surface area (Å²) in [6.07, 6.45) is 0. The quantitative estimate of drug-likeness (QED) is 0.121. The Morgan fingerprint density at radius 2 is 0.577 bits per heavy atom. The fraction of sp³-hybridized carbons (Fsp3) is 0. The van der Waals surface area contributed by atoms with Crippen LogP contribution in [0.4, 0.5) is 0 Å². The molecule has 0 radical (unpaired) electrons. The molecule has 0 spiro atoms. The highest BCUT2D eigenvalue weighted by Crippen LogP contribution is 2.43. The molecule has 5 nitrogen and oxygen atoms in total. The van der Waals surface area contributed by atoms with Gasteiger partial charge in [-0.25, -0.2) is 19.9 Å². The van der Waals surface area contributed by atoms with E-state index in [1.807, 2.05) is 42.5 Å². The molecule has 4 heterocycles. The molecule has 0 N–H and O–H groups in total. The van der Waals surface area contributed by atoms with Crippen LogP contribution in [0.2, 0.25) is 0 Å². The fourth-order valence-electron chi connectivity index (χ4n) is 17.9. The number of rotatable bonds is 11. The second kappa shape index (κ2) is 31.8. The Bertz CT molecular complexity index is 8140. The number of aromatic nitrogens is 4. The fourth-order valence-corrected chi connectivity index (χ4v) is 17.9. The lowest BCUT2D eigenvalue weighted by molar-refractivity contribution is 0.670. The van der Waals surface area contributed by atoms with Crippen LogP contribution in [0.3, 0.4) is 0 Å². The number of nitrogens with zero attached hydrogens (tertiary/aromatic N) is 4. The van der Waals surface area contributed by atoms with Crippen molar-refractivity contribution in [1.82, 2.24) is 19.9 Å². The van der Waals surface area contributed by atoms with Gasteiger partial charge >= 0.3 is 0 Å². The Hall–Kier alpha value is -16.3. The van der Waals surface area contributed by atoms with E-state index in [0.29, 0.717) is 0 Å². The van der Waals surface area contributed by atoms with Crippen molar-refractivity contribution in [3.05, 3.63) is 461 Å². The van der Waals surface area contributed by atoms with Crippen LogP contribution in [0.1, 0.15) is 0 Å². The van der Waals surface area contributed by atoms with Crippen LogP contribution in [0.15, 0.2) is 465 Å². The lowest BCUT2D eigenvalue weighted by Crippen LogP contribution is -1.95. The first-order valence-corrected chi connectivity index (χ1v) is 41.9. The summed E-state index contributed by atoms with van der Waals surface area (Å²) in [4.78, 5) is 20.3. The zero-order chi connectivity index (χ0) is 81.5. The topological polar surface area (TPSA) is 64.7 Å². The van der Waals surface area contributed by atoms with Crippen molar-refractivity contribution in [3.63, 3.8) is 0 Å². The number of benzene rings is 20. The average Bonchev–Trinajstić information content (AvgIpc) is 1.64. The zero-order valence-corrected chi connectivity index (χ0v) is 67.1. The summed E-state index contributed by atoms with van der Waals surface area (Å²) < 4.78 is 6.31. The van der Waals surface area contributed by atoms with Crippen molar-refractivity contribution in [2.45, 2.75) is 0 Å². The third-order valence-electron chi connectivity index (χ3n) is 24.0. The van der Waals surface area contributed by atoms with Crippen molar-refractivity contribution in [1.29, 1.82) is 0 Å². The third kappa shape index (κ3) is 14.1. The third-order valence-corrected chi connectivity index (χ3v) is 24.0. The first kappa shape index (κ1) is 73.1. The number of hydrogen-bond acceptors (Lipinski definition) is 5. The van der Waals surface area contributed by atoms with Gasteiger partial charge in [-0.1, -0.05) is 400 Å². The van der Waals surface area contributed by atoms with Gasteiger partial charge in [-0.3, -0.25) is 0 Å². The predicted octanol–water partition coefficient (Wildman–Crippen LogP) is 32.1. The van der Waals surface area contributed by atoms with Gasteiger partial charge in [0, 0.05) is 60.3 Å². The largest absolute Gasteiger partial charge is 0.455 e. The van der Waals surface area contributed by atoms with Crippen LogP contribution in [0, 0.1) is 0 Å². The standard InChI is InChI=1S/C43H27N.C38H24N2O.C37H25N/c1-2-11-29-25-34(21-20-28(29)10-1)43-35-15-4-3-12-32(35)27-42(44-43)33-14-9-13-30(24-33)31-22-23-40-38-18-6-5-16-36(38)37-17-7-8-19-39(37)41(40)26-31;1-2-10-26(11-3-1)36-33-15-4-6-18-34(33)39-38(40-36)27-22-20-25(21-23-27)28-12-8-13-29(24-28)30-16-9-17-32-31-14-5-7-19-35(31)41-37(30)32;1-2-10-28(11-3-1)35-25-37(38-36-19-7-6-17-34(35)36)29-22-20-26(21-23-29)30-14-8-15-31(24-30)33-18-9-13-27-12-4-5-16-32(27)33/h1-27H;1-24H;1-25H. The molecule has 24 aromatic rings. The van der Waals surface area contributed by atoms with Crippen LogP contribution in [0.5, 0.6) is 0 Å². The van der Waals surface area contributed by atoms with Crippen LogP contribution in [0.25, 0.3) is 232 Å². The first-order chi connectivity index (χ1) is 60.9. The Kier molecular flexibility index (Phi) is 18.9. The van der Waals surface area contributed by atoms with Crippen LogP contribution in [-0.2, 0) is 0 Å². The normalized spacial score (nSPS) is 11.4. The summed E-state index contributed by atoms with van der Waals surface area (Å²) in [5.74, 6) is 0.722. The van der Waals surface area contributed by atoms with E-state index < -0.39 is 0 Å². The molecule has 0 aliphatic carbocycles. The molecule has 5 heteroatoms. The maximum Gasteiger partial charge on any atom is 0.160 e. The maximum atomic E-state index is 6.31. The van der Waals surface area contributed by atoms with Gasteiger partial charge in [-0.15, -0.1) is 0 Å². The molecule has 0 aliphatic rings. The summed E-state index contributed by atoms with van der Waals surface area (Å²) in [6.45, 7) is 0. The molecule has 24 rings (SSSR count). The molecule has 20 aromatic carbocycles. The molecule has 0 saturated heterocycles. The van der Waals surface area contributed by atoms with E-state index >= 15 is 0 Å². The van der Waals surface area contributed by atoms with Gasteiger partial charge in [0.25, 0.3) is 0 Å². The maximum absolute atomic E-state index is 6.31. The summed E-state index contributed by atoms with van der Waals surface area (Å²) in [5, 5.41) is 19.6. The molecule has 0 amide bonds. The van der Waals surface area contributed by atoms with Gasteiger partial charge in [0.15, 0.2) is 5.82 Å². The van der Waals surface area contributed by atoms with Gasteiger partial charge in [0.2, 0.25) is 0 Å². The zero-order valence-electron chi connectivity index (χ0n) is 67.1. The summed E-state index contributed by atoms with van der Waals surface area (Å²) in [5.41, 5.74) is 27.3. The lowest BCUT2D eigenvalue weighted by Gasteiger charge is -2.13. The Morgan fingerprint density at radius 3 is 1.28 bits per heavy atom. The predicted molar refractivity (Wildman–Crippen MR) is 518 cm³/mol. The first-order valence-electron chi connectivity index (χ1n) is 41.9. The van der Waals surface area contributed by atoms with E-state index in [1.54, 1.807) is 0 Å². The second-order valence-electron chi connectivity index (χ2n) is 31.4. The molecule has 0 aliphatic heterocycles. The number of furan rings is 1. The van der Waals surface area contributed by atoms with Crippen molar-refractivity contribution in [3.8, 4) is 123 Å². The minimum Gasteiger partial charge on any atom is -0.455 e. The summed E-state index contributed by atoms with van der Waals surface area (Å²) >= 11 is 0. The van der Waals surface area contributed by atoms with Crippen LogP contribution >= 0.6 is 0 Å². The van der Waals surface area contributed by atoms with Crippen molar-refractivity contribution >= 4 is 108 Å². The van der Waals surface area contributed by atoms with Crippen molar-refractivity contribution in [2.24, 2.45) is 0 Å². The highest BCUT2D eigenvalue weighted by atomic mass is 16.3. The van der Waals surface area contributed by atoms with E-state index in [2.05, 4.69) is 419 Å². The van der Waals surface area contributed by atoms with Gasteiger partial charge in [0.1, 0.15) is 11.2 Å². The highest BCUT2D eigenvalue weighted by molar-refractivity contribution is 6.26. The summed E-state index contributed by atoms with van der Waals surface area (Å²) in [7, 11) is 0. The lowest BCUT2D eigenvalue weighted by atomic mass is 9.91. The molecular weight excluding hydrogens is 1490 g/mol. The minimum absolute atomic E-state index is 0.722. The van der Waals surface area contributed by atoms with Crippen LogP contribution < -0.4 is 0 Å². The van der Waals surface area contributed by atoms with Gasteiger partial charge in [0.05, 0.1) is 33.8 Å². The number of hydrogen-bond donors (Lipinski definition) is 0. The van der Waals surface area contributed by atoms with Gasteiger partial charge < -0.3 is 4.42 Å². The monoisotopic (exact) mass is 1560 g/mol. The van der Waals surface area contributed by atoms with E-state index in [1.165, 1.54) is 109 Å². The van der Waals surface area contributed by atoms with E-state index in [9.17, 15) is 0 Å². The smallest absolute Gasteiger partial charge is 0.160 e. The molecule has 0 fully saturated rings.